The van der Waals surface area contributed by atoms with Crippen LogP contribution in [0.3, 0.4) is 0 Å². The van der Waals surface area contributed by atoms with Gasteiger partial charge in [-0.05, 0) is 5.92 Å². The molecule has 1 heterocycles. The van der Waals surface area contributed by atoms with Crippen LogP contribution in [0.1, 0.15) is 13.8 Å². The van der Waals surface area contributed by atoms with E-state index < -0.39 is 10.8 Å². The van der Waals surface area contributed by atoms with Crippen molar-refractivity contribution in [3.8, 4) is 0 Å². The number of hydrogen-bond donors (Lipinski definition) is 1. The highest BCUT2D eigenvalue weighted by molar-refractivity contribution is 7.85. The Labute approximate surface area is 83.1 Å². The van der Waals surface area contributed by atoms with E-state index in [1.165, 1.54) is 0 Å². The molecule has 0 spiro atoms. The number of nitrogens with two attached hydrogens (primary N) is 1. The molecule has 1 aliphatic heterocycles. The molecule has 1 aliphatic rings. The second-order valence-corrected chi connectivity index (χ2v) is 5.63. The molecule has 1 saturated heterocycles. The summed E-state index contributed by atoms with van der Waals surface area (Å²) in [6.45, 7) is 7.01. The van der Waals surface area contributed by atoms with Crippen LogP contribution < -0.4 is 5.73 Å². The van der Waals surface area contributed by atoms with E-state index in [2.05, 4.69) is 18.7 Å². The molecule has 0 radical (unpaired) electrons. The third-order valence-electron chi connectivity index (χ3n) is 2.69. The zero-order valence-corrected chi connectivity index (χ0v) is 9.35. The van der Waals surface area contributed by atoms with Crippen molar-refractivity contribution in [2.24, 2.45) is 11.7 Å². The molecule has 78 valence electrons. The average Bonchev–Trinajstić information content (AvgIpc) is 2.09. The highest BCUT2D eigenvalue weighted by Crippen LogP contribution is 2.12. The van der Waals surface area contributed by atoms with Crippen molar-refractivity contribution in [3.63, 3.8) is 0 Å². The number of rotatable bonds is 3. The first-order valence-corrected chi connectivity index (χ1v) is 6.43. The molecule has 3 nitrogen and oxygen atoms in total. The van der Waals surface area contributed by atoms with Crippen LogP contribution in [0, 0.1) is 5.92 Å². The van der Waals surface area contributed by atoms with Gasteiger partial charge in [0.15, 0.2) is 0 Å². The normalized spacial score (nSPS) is 23.7. The van der Waals surface area contributed by atoms with Gasteiger partial charge in [0.2, 0.25) is 0 Å². The summed E-state index contributed by atoms with van der Waals surface area (Å²) in [5, 5.41) is 0. The van der Waals surface area contributed by atoms with Crippen molar-refractivity contribution >= 4 is 10.8 Å². The van der Waals surface area contributed by atoms with Gasteiger partial charge >= 0.3 is 0 Å². The summed E-state index contributed by atoms with van der Waals surface area (Å²) in [5.41, 5.74) is 5.72. The molecular weight excluding hydrogens is 184 g/mol. The maximum absolute atomic E-state index is 11.1. The van der Waals surface area contributed by atoms with Gasteiger partial charge in [0, 0.05) is 48.0 Å². The van der Waals surface area contributed by atoms with E-state index in [4.69, 9.17) is 5.73 Å². The third-order valence-corrected chi connectivity index (χ3v) is 3.97. The maximum atomic E-state index is 11.1. The monoisotopic (exact) mass is 204 g/mol. The predicted octanol–water partition coefficient (Wildman–Crippen LogP) is 0.0340. The second kappa shape index (κ2) is 5.08. The summed E-state index contributed by atoms with van der Waals surface area (Å²) in [7, 11) is -0.575. The molecule has 1 atom stereocenters. The lowest BCUT2D eigenvalue weighted by molar-refractivity contribution is 0.174. The highest BCUT2D eigenvalue weighted by atomic mass is 32.2. The topological polar surface area (TPSA) is 46.3 Å². The predicted molar refractivity (Wildman–Crippen MR) is 57.1 cm³/mol. The second-order valence-electron chi connectivity index (χ2n) is 3.93. The van der Waals surface area contributed by atoms with Crippen molar-refractivity contribution in [3.05, 3.63) is 0 Å². The molecule has 1 rings (SSSR count). The molecule has 2 N–H and O–H groups in total. The molecule has 0 aliphatic carbocycles. The zero-order valence-electron chi connectivity index (χ0n) is 8.53. The van der Waals surface area contributed by atoms with Gasteiger partial charge in [0.25, 0.3) is 0 Å². The smallest absolute Gasteiger partial charge is 0.0363 e. The van der Waals surface area contributed by atoms with Crippen LogP contribution in [0.4, 0.5) is 0 Å². The fourth-order valence-corrected chi connectivity index (χ4v) is 2.91. The van der Waals surface area contributed by atoms with Gasteiger partial charge in [0.1, 0.15) is 0 Å². The van der Waals surface area contributed by atoms with Crippen LogP contribution in [-0.2, 0) is 10.8 Å². The average molecular weight is 204 g/mol. The standard InChI is InChI=1S/C9H20N2OS/c1-8(2)9(7-10)11-3-5-13(12)6-4-11/h8-9H,3-7,10H2,1-2H3. The summed E-state index contributed by atoms with van der Waals surface area (Å²) in [5.74, 6) is 2.24. The third kappa shape index (κ3) is 3.04. The summed E-state index contributed by atoms with van der Waals surface area (Å²) in [4.78, 5) is 2.38. The molecule has 0 amide bonds. The van der Waals surface area contributed by atoms with Crippen molar-refractivity contribution < 1.29 is 4.21 Å². The Morgan fingerprint density at radius 1 is 1.38 bits per heavy atom. The first-order valence-electron chi connectivity index (χ1n) is 4.94. The van der Waals surface area contributed by atoms with Crippen LogP contribution in [-0.4, -0.2) is 46.3 Å². The van der Waals surface area contributed by atoms with Gasteiger partial charge in [-0.2, -0.15) is 0 Å². The van der Waals surface area contributed by atoms with Crippen LogP contribution in [0.5, 0.6) is 0 Å². The van der Waals surface area contributed by atoms with E-state index in [0.29, 0.717) is 18.5 Å². The fraction of sp³-hybridized carbons (Fsp3) is 1.00. The minimum atomic E-state index is -0.575. The molecule has 0 saturated carbocycles. The molecule has 13 heavy (non-hydrogen) atoms. The highest BCUT2D eigenvalue weighted by Gasteiger charge is 2.23. The largest absolute Gasteiger partial charge is 0.329 e. The van der Waals surface area contributed by atoms with E-state index >= 15 is 0 Å². The Kier molecular flexibility index (Phi) is 4.35. The number of hydrogen-bond acceptors (Lipinski definition) is 3. The SMILES string of the molecule is CC(C)C(CN)N1CCS(=O)CC1. The zero-order chi connectivity index (χ0) is 9.84. The van der Waals surface area contributed by atoms with Crippen molar-refractivity contribution in [1.82, 2.24) is 4.90 Å². The van der Waals surface area contributed by atoms with Crippen molar-refractivity contribution in [2.45, 2.75) is 19.9 Å². The van der Waals surface area contributed by atoms with Crippen molar-refractivity contribution in [1.29, 1.82) is 0 Å². The minimum absolute atomic E-state index is 0.470. The summed E-state index contributed by atoms with van der Waals surface area (Å²) in [6.07, 6.45) is 0. The van der Waals surface area contributed by atoms with E-state index in [1.807, 2.05) is 0 Å². The summed E-state index contributed by atoms with van der Waals surface area (Å²) in [6, 6.07) is 0.470. The first-order chi connectivity index (χ1) is 6.15. The van der Waals surface area contributed by atoms with Gasteiger partial charge in [0.05, 0.1) is 0 Å². The van der Waals surface area contributed by atoms with Crippen LogP contribution in [0.25, 0.3) is 0 Å². The molecule has 1 unspecified atom stereocenters. The molecule has 0 aromatic heterocycles. The van der Waals surface area contributed by atoms with Crippen LogP contribution >= 0.6 is 0 Å². The summed E-state index contributed by atoms with van der Waals surface area (Å²) < 4.78 is 11.1. The quantitative estimate of drug-likeness (QED) is 0.706. The van der Waals surface area contributed by atoms with E-state index in [-0.39, 0.29) is 0 Å². The molecule has 4 heteroatoms. The van der Waals surface area contributed by atoms with E-state index in [9.17, 15) is 4.21 Å². The lowest BCUT2D eigenvalue weighted by Crippen LogP contribution is -2.49. The lowest BCUT2D eigenvalue weighted by Gasteiger charge is -2.35. The van der Waals surface area contributed by atoms with E-state index in [1.54, 1.807) is 0 Å². The molecule has 0 aromatic carbocycles. The first kappa shape index (κ1) is 11.1. The van der Waals surface area contributed by atoms with Crippen LogP contribution in [0.2, 0.25) is 0 Å². The molecule has 0 bridgehead atoms. The van der Waals surface area contributed by atoms with Gasteiger partial charge in [-0.1, -0.05) is 13.8 Å². The lowest BCUT2D eigenvalue weighted by atomic mass is 10.0. The van der Waals surface area contributed by atoms with Gasteiger partial charge in [-0.3, -0.25) is 9.11 Å². The Morgan fingerprint density at radius 3 is 2.31 bits per heavy atom. The Bertz CT molecular complexity index is 174. The molecule has 1 fully saturated rings. The molecular formula is C9H20N2OS. The van der Waals surface area contributed by atoms with Gasteiger partial charge in [-0.15, -0.1) is 0 Å². The Morgan fingerprint density at radius 2 is 1.92 bits per heavy atom. The summed E-state index contributed by atoms with van der Waals surface area (Å²) >= 11 is 0. The van der Waals surface area contributed by atoms with Gasteiger partial charge < -0.3 is 5.73 Å². The van der Waals surface area contributed by atoms with E-state index in [0.717, 1.165) is 24.6 Å². The Hall–Kier alpha value is 0.0700. The minimum Gasteiger partial charge on any atom is -0.329 e. The number of nitrogens with zero attached hydrogens (tertiary/aromatic N) is 1. The van der Waals surface area contributed by atoms with Crippen LogP contribution in [0.15, 0.2) is 0 Å². The van der Waals surface area contributed by atoms with Gasteiger partial charge in [-0.25, -0.2) is 0 Å². The fourth-order valence-electron chi connectivity index (χ4n) is 1.83. The Balaban J connectivity index is 2.46. The van der Waals surface area contributed by atoms with Crippen molar-refractivity contribution in [2.75, 3.05) is 31.1 Å². The molecule has 0 aromatic rings. The maximum Gasteiger partial charge on any atom is 0.0363 e.